The first kappa shape index (κ1) is 20.8. The molecule has 8 heteroatoms. The minimum Gasteiger partial charge on any atom is -0.479 e. The van der Waals surface area contributed by atoms with E-state index in [0.717, 1.165) is 16.0 Å². The molecule has 2 aromatic carbocycles. The van der Waals surface area contributed by atoms with Crippen molar-refractivity contribution in [2.45, 2.75) is 26.9 Å². The van der Waals surface area contributed by atoms with Crippen molar-refractivity contribution < 1.29 is 29.0 Å². The number of carbonyl (C=O) groups excluding carboxylic acids is 3. The highest BCUT2D eigenvalue weighted by Crippen LogP contribution is 2.27. The minimum atomic E-state index is -1.10. The van der Waals surface area contributed by atoms with E-state index in [2.05, 4.69) is 5.32 Å². The number of amides is 4. The lowest BCUT2D eigenvalue weighted by Crippen LogP contribution is -2.54. The van der Waals surface area contributed by atoms with Crippen LogP contribution in [0.4, 0.5) is 10.5 Å². The van der Waals surface area contributed by atoms with E-state index in [-0.39, 0.29) is 5.57 Å². The molecule has 8 nitrogen and oxygen atoms in total. The highest BCUT2D eigenvalue weighted by molar-refractivity contribution is 6.39. The molecule has 1 aliphatic rings. The van der Waals surface area contributed by atoms with Crippen LogP contribution >= 0.6 is 0 Å². The molecule has 0 aliphatic carbocycles. The van der Waals surface area contributed by atoms with Crippen LogP contribution in [0, 0.1) is 13.8 Å². The van der Waals surface area contributed by atoms with Gasteiger partial charge in [-0.1, -0.05) is 24.3 Å². The van der Waals surface area contributed by atoms with Gasteiger partial charge in [0.1, 0.15) is 11.3 Å². The molecule has 30 heavy (non-hydrogen) atoms. The van der Waals surface area contributed by atoms with Gasteiger partial charge in [-0.25, -0.2) is 14.5 Å². The Bertz CT molecular complexity index is 1070. The van der Waals surface area contributed by atoms with Gasteiger partial charge in [0, 0.05) is 0 Å². The zero-order chi connectivity index (χ0) is 22.0. The Kier molecular flexibility index (Phi) is 5.68. The quantitative estimate of drug-likeness (QED) is 0.581. The number of aryl methyl sites for hydroxylation is 1. The monoisotopic (exact) mass is 408 g/mol. The van der Waals surface area contributed by atoms with Crippen LogP contribution in [0.15, 0.2) is 48.0 Å². The fourth-order valence-corrected chi connectivity index (χ4v) is 2.92. The summed E-state index contributed by atoms with van der Waals surface area (Å²) in [5.74, 6) is -2.27. The number of anilines is 1. The van der Waals surface area contributed by atoms with E-state index in [0.29, 0.717) is 17.0 Å². The lowest BCUT2D eigenvalue weighted by molar-refractivity contribution is -0.144. The molecular weight excluding hydrogens is 388 g/mol. The number of hydrogen-bond acceptors (Lipinski definition) is 5. The van der Waals surface area contributed by atoms with Crippen molar-refractivity contribution >= 4 is 35.6 Å². The molecule has 1 saturated heterocycles. The third kappa shape index (κ3) is 4.07. The molecule has 1 aliphatic heterocycles. The molecule has 1 fully saturated rings. The third-order valence-electron chi connectivity index (χ3n) is 4.77. The number of ether oxygens (including phenoxy) is 1. The van der Waals surface area contributed by atoms with E-state index >= 15 is 0 Å². The van der Waals surface area contributed by atoms with Crippen molar-refractivity contribution in [3.05, 3.63) is 64.7 Å². The number of nitrogens with zero attached hydrogens (tertiary/aromatic N) is 1. The molecule has 2 N–H and O–H groups in total. The number of hydrogen-bond donors (Lipinski definition) is 2. The molecule has 2 aromatic rings. The minimum absolute atomic E-state index is 0.192. The molecule has 1 heterocycles. The number of benzene rings is 2. The molecule has 3 rings (SSSR count). The Morgan fingerprint density at radius 2 is 1.77 bits per heavy atom. The summed E-state index contributed by atoms with van der Waals surface area (Å²) in [4.78, 5) is 49.5. The highest BCUT2D eigenvalue weighted by atomic mass is 16.5. The van der Waals surface area contributed by atoms with E-state index in [4.69, 9.17) is 9.84 Å². The first-order chi connectivity index (χ1) is 14.2. The van der Waals surface area contributed by atoms with Crippen molar-refractivity contribution in [2.24, 2.45) is 0 Å². The molecule has 4 amide bonds. The molecular formula is C22H20N2O6. The molecule has 1 atom stereocenters. The Morgan fingerprint density at radius 3 is 2.40 bits per heavy atom. The van der Waals surface area contributed by atoms with Crippen LogP contribution in [-0.4, -0.2) is 35.0 Å². The van der Waals surface area contributed by atoms with Gasteiger partial charge in [0.2, 0.25) is 0 Å². The highest BCUT2D eigenvalue weighted by Gasteiger charge is 2.37. The van der Waals surface area contributed by atoms with Crippen molar-refractivity contribution in [1.29, 1.82) is 0 Å². The smallest absolute Gasteiger partial charge is 0.344 e. The summed E-state index contributed by atoms with van der Waals surface area (Å²) in [6.07, 6.45) is 0.351. The summed E-state index contributed by atoms with van der Waals surface area (Å²) >= 11 is 0. The number of barbiturate groups is 1. The number of nitrogens with one attached hydrogen (secondary N) is 1. The van der Waals surface area contributed by atoms with Gasteiger partial charge >= 0.3 is 12.0 Å². The van der Waals surface area contributed by atoms with Crippen molar-refractivity contribution in [3.8, 4) is 5.75 Å². The lowest BCUT2D eigenvalue weighted by atomic mass is 10.0. The van der Waals surface area contributed by atoms with Gasteiger partial charge in [0.05, 0.1) is 5.69 Å². The van der Waals surface area contributed by atoms with Crippen LogP contribution < -0.4 is 15.0 Å². The second kappa shape index (κ2) is 8.20. The molecule has 0 radical (unpaired) electrons. The summed E-state index contributed by atoms with van der Waals surface area (Å²) < 4.78 is 5.26. The average Bonchev–Trinajstić information content (AvgIpc) is 2.69. The number of rotatable bonds is 5. The van der Waals surface area contributed by atoms with E-state index in [1.807, 2.05) is 13.0 Å². The molecule has 0 spiro atoms. The van der Waals surface area contributed by atoms with Gasteiger partial charge in [-0.3, -0.25) is 14.9 Å². The van der Waals surface area contributed by atoms with Crippen LogP contribution in [0.1, 0.15) is 23.6 Å². The van der Waals surface area contributed by atoms with E-state index in [1.54, 1.807) is 31.2 Å². The Balaban J connectivity index is 1.91. The number of imide groups is 2. The van der Waals surface area contributed by atoms with Gasteiger partial charge in [-0.2, -0.15) is 0 Å². The Morgan fingerprint density at radius 1 is 1.10 bits per heavy atom. The number of carboxylic acids is 1. The average molecular weight is 408 g/mol. The first-order valence-electron chi connectivity index (χ1n) is 9.16. The summed E-state index contributed by atoms with van der Waals surface area (Å²) in [6, 6.07) is 10.7. The molecule has 0 aromatic heterocycles. The zero-order valence-electron chi connectivity index (χ0n) is 16.6. The van der Waals surface area contributed by atoms with Crippen molar-refractivity contribution in [3.63, 3.8) is 0 Å². The first-order valence-corrected chi connectivity index (χ1v) is 9.16. The maximum atomic E-state index is 13.0. The molecule has 0 bridgehead atoms. The second-order valence-corrected chi connectivity index (χ2v) is 6.84. The second-order valence-electron chi connectivity index (χ2n) is 6.84. The predicted octanol–water partition coefficient (Wildman–Crippen LogP) is 2.82. The fourth-order valence-electron chi connectivity index (χ4n) is 2.92. The predicted molar refractivity (Wildman–Crippen MR) is 109 cm³/mol. The SMILES string of the molecule is Cc1cccc(N2C(=O)NC(=O)C(=Cc3ccc(OC(C)C(=O)O)cc3)C2=O)c1C. The number of aliphatic carboxylic acids is 1. The maximum Gasteiger partial charge on any atom is 0.344 e. The third-order valence-corrected chi connectivity index (χ3v) is 4.77. The molecule has 154 valence electrons. The van der Waals surface area contributed by atoms with E-state index in [9.17, 15) is 19.2 Å². The largest absolute Gasteiger partial charge is 0.479 e. The summed E-state index contributed by atoms with van der Waals surface area (Å²) in [5, 5.41) is 11.1. The number of carboxylic acid groups (broad SMARTS) is 1. The van der Waals surface area contributed by atoms with Crippen LogP contribution in [0.2, 0.25) is 0 Å². The maximum absolute atomic E-state index is 13.0. The van der Waals surface area contributed by atoms with E-state index in [1.165, 1.54) is 25.1 Å². The van der Waals surface area contributed by atoms with Crippen molar-refractivity contribution in [2.75, 3.05) is 4.90 Å². The number of carbonyl (C=O) groups is 4. The lowest BCUT2D eigenvalue weighted by Gasteiger charge is -2.28. The Hall–Kier alpha value is -3.94. The molecule has 1 unspecified atom stereocenters. The molecule has 0 saturated carbocycles. The van der Waals surface area contributed by atoms with E-state index < -0.39 is 29.9 Å². The van der Waals surface area contributed by atoms with Gasteiger partial charge in [-0.15, -0.1) is 0 Å². The van der Waals surface area contributed by atoms with Crippen LogP contribution in [-0.2, 0) is 14.4 Å². The van der Waals surface area contributed by atoms with Gasteiger partial charge in [0.25, 0.3) is 11.8 Å². The summed E-state index contributed by atoms with van der Waals surface area (Å²) in [5.41, 5.74) is 2.38. The Labute approximate surface area is 172 Å². The van der Waals surface area contributed by atoms with Crippen molar-refractivity contribution in [1.82, 2.24) is 5.32 Å². The van der Waals surface area contributed by atoms with Crippen LogP contribution in [0.3, 0.4) is 0 Å². The van der Waals surface area contributed by atoms with Gasteiger partial charge in [-0.05, 0) is 61.7 Å². The van der Waals surface area contributed by atoms with Crippen LogP contribution in [0.5, 0.6) is 5.75 Å². The fraction of sp³-hybridized carbons (Fsp3) is 0.182. The summed E-state index contributed by atoms with van der Waals surface area (Å²) in [6.45, 7) is 5.06. The summed E-state index contributed by atoms with van der Waals surface area (Å²) in [7, 11) is 0. The van der Waals surface area contributed by atoms with Gasteiger partial charge < -0.3 is 9.84 Å². The topological polar surface area (TPSA) is 113 Å². The standard InChI is InChI=1S/C22H20N2O6/c1-12-5-4-6-18(13(12)2)24-20(26)17(19(25)23-22(24)29)11-15-7-9-16(10-8-15)30-14(3)21(27)28/h4-11,14H,1-3H3,(H,27,28)(H,23,25,29). The zero-order valence-corrected chi connectivity index (χ0v) is 16.6. The van der Waals surface area contributed by atoms with Gasteiger partial charge in [0.15, 0.2) is 6.10 Å². The normalized spacial score (nSPS) is 16.4. The van der Waals surface area contributed by atoms with Crippen LogP contribution in [0.25, 0.3) is 6.08 Å². The number of urea groups is 1.